The van der Waals surface area contributed by atoms with Crippen LogP contribution in [-0.4, -0.2) is 27.3 Å². The van der Waals surface area contributed by atoms with Crippen LogP contribution >= 0.6 is 0 Å². The number of carbonyl (C=O) groups excluding carboxylic acids is 1. The van der Waals surface area contributed by atoms with E-state index >= 15 is 0 Å². The summed E-state index contributed by atoms with van der Waals surface area (Å²) in [5, 5.41) is 0. The molecule has 0 saturated carbocycles. The fourth-order valence-electron chi connectivity index (χ4n) is 2.58. The lowest BCUT2D eigenvalue weighted by Crippen LogP contribution is -2.11. The first-order valence-corrected chi connectivity index (χ1v) is 8.97. The average Bonchev–Trinajstić information content (AvgIpc) is 2.42. The normalized spacial score (nSPS) is 13.0. The monoisotopic (exact) mass is 309 g/mol. The average molecular weight is 309 g/mol. The second-order valence-electron chi connectivity index (χ2n) is 5.44. The highest BCUT2D eigenvalue weighted by molar-refractivity contribution is 7.90. The number of amides is 1. The predicted octanol–water partition coefficient (Wildman–Crippen LogP) is 3.53. The Kier molecular flexibility index (Phi) is 5.84. The van der Waals surface area contributed by atoms with Gasteiger partial charge in [-0.25, -0.2) is 13.4 Å². The Hall–Kier alpha value is -1.49. The van der Waals surface area contributed by atoms with Crippen LogP contribution in [0.5, 0.6) is 0 Å². The van der Waals surface area contributed by atoms with Gasteiger partial charge in [-0.1, -0.05) is 32.8 Å². The molecule has 1 amide bonds. The van der Waals surface area contributed by atoms with Gasteiger partial charge in [-0.05, 0) is 43.2 Å². The zero-order valence-electron chi connectivity index (χ0n) is 13.1. The van der Waals surface area contributed by atoms with Gasteiger partial charge in [0.15, 0.2) is 9.84 Å². The molecule has 1 unspecified atom stereocenters. The van der Waals surface area contributed by atoms with E-state index in [1.807, 2.05) is 6.92 Å². The minimum Gasteiger partial charge on any atom is -0.267 e. The molecule has 0 fully saturated rings. The summed E-state index contributed by atoms with van der Waals surface area (Å²) < 4.78 is 24.3. The Labute approximate surface area is 127 Å². The maximum absolute atomic E-state index is 12.2. The summed E-state index contributed by atoms with van der Waals surface area (Å²) >= 11 is 0. The largest absolute Gasteiger partial charge is 0.276 e. The lowest BCUT2D eigenvalue weighted by Gasteiger charge is -2.18. The number of hydrogen-bond acceptors (Lipinski definition) is 3. The molecule has 0 radical (unpaired) electrons. The lowest BCUT2D eigenvalue weighted by atomic mass is 9.92. The van der Waals surface area contributed by atoms with Crippen molar-refractivity contribution < 1.29 is 13.2 Å². The number of sulfone groups is 1. The lowest BCUT2D eigenvalue weighted by molar-refractivity contribution is 0.100. The molecule has 0 saturated heterocycles. The first kappa shape index (κ1) is 17.6. The zero-order chi connectivity index (χ0) is 16.2. The van der Waals surface area contributed by atoms with Gasteiger partial charge in [0.05, 0.1) is 4.90 Å². The summed E-state index contributed by atoms with van der Waals surface area (Å²) in [5.41, 5.74) is 1.55. The summed E-state index contributed by atoms with van der Waals surface area (Å²) in [5.74, 6) is -0.362. The van der Waals surface area contributed by atoms with Crippen LogP contribution in [0.3, 0.4) is 0 Å². The smallest absolute Gasteiger partial charge is 0.267 e. The molecule has 0 heterocycles. The highest BCUT2D eigenvalue weighted by atomic mass is 32.2. The molecule has 0 aliphatic carbocycles. The molecule has 0 aliphatic heterocycles. The molecule has 0 aromatic heterocycles. The summed E-state index contributed by atoms with van der Waals surface area (Å²) in [7, 11) is -3.41. The van der Waals surface area contributed by atoms with Gasteiger partial charge < -0.3 is 0 Å². The Morgan fingerprint density at radius 1 is 1.38 bits per heavy atom. The van der Waals surface area contributed by atoms with Crippen LogP contribution in [-0.2, 0) is 9.84 Å². The number of rotatable bonds is 6. The molecule has 0 aliphatic rings. The standard InChI is InChI=1S/C16H23NO3S/c1-6-7-8-11(2)13-9-10-14(16(18)17-4)12(3)15(13)21(5,19)20/h9-11H,4,6-8H2,1-3,5H3. The molecule has 1 aromatic carbocycles. The van der Waals surface area contributed by atoms with Crippen molar-refractivity contribution in [1.82, 2.24) is 0 Å². The second kappa shape index (κ2) is 6.98. The fourth-order valence-corrected chi connectivity index (χ4v) is 3.94. The van der Waals surface area contributed by atoms with Crippen LogP contribution in [0.25, 0.3) is 0 Å². The van der Waals surface area contributed by atoms with Crippen molar-refractivity contribution in [3.8, 4) is 0 Å². The van der Waals surface area contributed by atoms with Crippen LogP contribution in [0.15, 0.2) is 22.0 Å². The van der Waals surface area contributed by atoms with E-state index in [-0.39, 0.29) is 10.8 Å². The summed E-state index contributed by atoms with van der Waals surface area (Å²) in [6.45, 7) is 9.00. The third-order valence-corrected chi connectivity index (χ3v) is 4.99. The molecular formula is C16H23NO3S. The predicted molar refractivity (Wildman–Crippen MR) is 86.1 cm³/mol. The Balaban J connectivity index is 3.50. The maximum Gasteiger partial charge on any atom is 0.276 e. The molecule has 0 N–H and O–H groups in total. The molecule has 116 valence electrons. The SMILES string of the molecule is C=NC(=O)c1ccc(C(C)CCCC)c(S(C)(=O)=O)c1C. The van der Waals surface area contributed by atoms with E-state index in [0.29, 0.717) is 11.1 Å². The van der Waals surface area contributed by atoms with E-state index < -0.39 is 15.7 Å². The van der Waals surface area contributed by atoms with Gasteiger partial charge in [-0.15, -0.1) is 0 Å². The first-order chi connectivity index (χ1) is 9.73. The zero-order valence-corrected chi connectivity index (χ0v) is 14.0. The third-order valence-electron chi connectivity index (χ3n) is 3.70. The number of aliphatic imine (C=N–C) groups is 1. The Morgan fingerprint density at radius 2 is 2.00 bits per heavy atom. The molecular weight excluding hydrogens is 286 g/mol. The molecule has 21 heavy (non-hydrogen) atoms. The van der Waals surface area contributed by atoms with Gasteiger partial charge >= 0.3 is 0 Å². The Morgan fingerprint density at radius 3 is 2.48 bits per heavy atom. The van der Waals surface area contributed by atoms with Crippen molar-refractivity contribution in [3.05, 3.63) is 28.8 Å². The molecule has 0 bridgehead atoms. The summed E-state index contributed by atoms with van der Waals surface area (Å²) in [4.78, 5) is 15.4. The van der Waals surface area contributed by atoms with Crippen molar-refractivity contribution in [1.29, 1.82) is 0 Å². The Bertz CT molecular complexity index is 648. The number of benzene rings is 1. The van der Waals surface area contributed by atoms with Crippen LogP contribution in [0.2, 0.25) is 0 Å². The summed E-state index contributed by atoms with van der Waals surface area (Å²) in [6.07, 6.45) is 4.21. The van der Waals surface area contributed by atoms with E-state index in [9.17, 15) is 13.2 Å². The molecule has 4 nitrogen and oxygen atoms in total. The van der Waals surface area contributed by atoms with Crippen LogP contribution in [0, 0.1) is 6.92 Å². The van der Waals surface area contributed by atoms with Crippen molar-refractivity contribution in [2.24, 2.45) is 4.99 Å². The van der Waals surface area contributed by atoms with Gasteiger partial charge in [-0.3, -0.25) is 4.79 Å². The molecule has 0 spiro atoms. The van der Waals surface area contributed by atoms with Gasteiger partial charge in [0.25, 0.3) is 5.91 Å². The quantitative estimate of drug-likeness (QED) is 0.755. The van der Waals surface area contributed by atoms with E-state index in [1.54, 1.807) is 19.1 Å². The number of unbranched alkanes of at least 4 members (excludes halogenated alkanes) is 1. The maximum atomic E-state index is 12.2. The highest BCUT2D eigenvalue weighted by Crippen LogP contribution is 2.32. The van der Waals surface area contributed by atoms with Crippen molar-refractivity contribution in [2.75, 3.05) is 6.26 Å². The van der Waals surface area contributed by atoms with Crippen molar-refractivity contribution >= 4 is 22.5 Å². The number of carbonyl (C=O) groups is 1. The molecule has 1 atom stereocenters. The fraction of sp³-hybridized carbons (Fsp3) is 0.500. The van der Waals surface area contributed by atoms with E-state index in [1.165, 1.54) is 6.26 Å². The molecule has 1 aromatic rings. The number of hydrogen-bond donors (Lipinski definition) is 0. The van der Waals surface area contributed by atoms with E-state index in [2.05, 4.69) is 18.6 Å². The summed E-state index contributed by atoms with van der Waals surface area (Å²) in [6, 6.07) is 3.39. The first-order valence-electron chi connectivity index (χ1n) is 7.08. The molecule has 1 rings (SSSR count). The van der Waals surface area contributed by atoms with Crippen LogP contribution < -0.4 is 0 Å². The third kappa shape index (κ3) is 4.00. The van der Waals surface area contributed by atoms with Crippen LogP contribution in [0.1, 0.15) is 60.5 Å². The molecule has 5 heteroatoms. The topological polar surface area (TPSA) is 63.6 Å². The van der Waals surface area contributed by atoms with Crippen molar-refractivity contribution in [2.45, 2.75) is 50.8 Å². The van der Waals surface area contributed by atoms with Crippen molar-refractivity contribution in [3.63, 3.8) is 0 Å². The van der Waals surface area contributed by atoms with E-state index in [4.69, 9.17) is 0 Å². The second-order valence-corrected chi connectivity index (χ2v) is 7.39. The van der Waals surface area contributed by atoms with Gasteiger partial charge in [0, 0.05) is 11.8 Å². The van der Waals surface area contributed by atoms with Gasteiger partial charge in [-0.2, -0.15) is 0 Å². The van der Waals surface area contributed by atoms with Crippen LogP contribution in [0.4, 0.5) is 0 Å². The minimum atomic E-state index is -3.41. The van der Waals surface area contributed by atoms with E-state index in [0.717, 1.165) is 24.8 Å². The van der Waals surface area contributed by atoms with Gasteiger partial charge in [0.1, 0.15) is 0 Å². The minimum absolute atomic E-state index is 0.134. The highest BCUT2D eigenvalue weighted by Gasteiger charge is 2.23. The number of nitrogens with zero attached hydrogens (tertiary/aromatic N) is 1. The van der Waals surface area contributed by atoms with Gasteiger partial charge in [0.2, 0.25) is 0 Å².